The van der Waals surface area contributed by atoms with Crippen molar-refractivity contribution < 1.29 is 14.3 Å². The fourth-order valence-corrected chi connectivity index (χ4v) is 1.90. The molecule has 1 heterocycles. The number of rotatable bonds is 2. The maximum atomic E-state index is 11.7. The van der Waals surface area contributed by atoms with Gasteiger partial charge in [0.1, 0.15) is 0 Å². The highest BCUT2D eigenvalue weighted by molar-refractivity contribution is 5.79. The lowest BCUT2D eigenvalue weighted by molar-refractivity contribution is -0.149. The molecule has 1 saturated heterocycles. The van der Waals surface area contributed by atoms with Gasteiger partial charge < -0.3 is 9.64 Å². The predicted molar refractivity (Wildman–Crippen MR) is 56.2 cm³/mol. The lowest BCUT2D eigenvalue weighted by Gasteiger charge is -2.32. The number of carbonyl (C=O) groups is 2. The van der Waals surface area contributed by atoms with E-state index >= 15 is 0 Å². The first kappa shape index (κ1) is 12.0. The molecule has 0 aromatic carbocycles. The number of carbonyl (C=O) groups excluding carboxylic acids is 2. The van der Waals surface area contributed by atoms with Gasteiger partial charge in [-0.05, 0) is 12.8 Å². The first-order valence-electron chi connectivity index (χ1n) is 5.43. The van der Waals surface area contributed by atoms with Crippen molar-refractivity contribution in [2.75, 3.05) is 20.2 Å². The molecule has 1 aliphatic heterocycles. The van der Waals surface area contributed by atoms with Gasteiger partial charge in [0, 0.05) is 19.0 Å². The van der Waals surface area contributed by atoms with Gasteiger partial charge >= 0.3 is 5.97 Å². The second kappa shape index (κ2) is 5.14. The Morgan fingerprint density at radius 3 is 2.60 bits per heavy atom. The molecule has 1 amide bonds. The lowest BCUT2D eigenvalue weighted by Crippen LogP contribution is -2.44. The molecule has 15 heavy (non-hydrogen) atoms. The molecular formula is C11H19NO3. The topological polar surface area (TPSA) is 46.6 Å². The Bertz CT molecular complexity index is 250. The van der Waals surface area contributed by atoms with Gasteiger partial charge in [0.2, 0.25) is 5.91 Å². The molecule has 0 aliphatic carbocycles. The summed E-state index contributed by atoms with van der Waals surface area (Å²) in [5, 5.41) is 0. The van der Waals surface area contributed by atoms with Crippen LogP contribution in [0.4, 0.5) is 0 Å². The number of ether oxygens (including phenoxy) is 1. The molecule has 86 valence electrons. The van der Waals surface area contributed by atoms with Gasteiger partial charge in [0.25, 0.3) is 0 Å². The number of likely N-dealkylation sites (tertiary alicyclic amines) is 1. The number of hydrogen-bond acceptors (Lipinski definition) is 3. The molecule has 1 atom stereocenters. The molecule has 0 saturated carbocycles. The van der Waals surface area contributed by atoms with E-state index in [9.17, 15) is 9.59 Å². The summed E-state index contributed by atoms with van der Waals surface area (Å²) in [6.07, 6.45) is 1.72. The summed E-state index contributed by atoms with van der Waals surface area (Å²) in [5.41, 5.74) is 0. The Labute approximate surface area is 90.6 Å². The number of esters is 1. The summed E-state index contributed by atoms with van der Waals surface area (Å²) in [4.78, 5) is 24.8. The van der Waals surface area contributed by atoms with Crippen molar-refractivity contribution in [2.24, 2.45) is 11.8 Å². The van der Waals surface area contributed by atoms with E-state index in [4.69, 9.17) is 4.74 Å². The minimum atomic E-state index is -0.198. The van der Waals surface area contributed by atoms with Gasteiger partial charge in [-0.3, -0.25) is 9.59 Å². The van der Waals surface area contributed by atoms with E-state index in [0.717, 1.165) is 19.4 Å². The maximum Gasteiger partial charge on any atom is 0.310 e. The molecule has 0 aromatic heterocycles. The maximum absolute atomic E-state index is 11.7. The third-order valence-electron chi connectivity index (χ3n) is 2.76. The van der Waals surface area contributed by atoms with E-state index in [1.54, 1.807) is 4.90 Å². The second-order valence-corrected chi connectivity index (χ2v) is 4.30. The van der Waals surface area contributed by atoms with Gasteiger partial charge in [-0.25, -0.2) is 0 Å². The predicted octanol–water partition coefficient (Wildman–Crippen LogP) is 1.05. The zero-order valence-electron chi connectivity index (χ0n) is 9.66. The smallest absolute Gasteiger partial charge is 0.310 e. The van der Waals surface area contributed by atoms with E-state index in [1.165, 1.54) is 7.11 Å². The zero-order chi connectivity index (χ0) is 11.4. The van der Waals surface area contributed by atoms with E-state index in [1.807, 2.05) is 13.8 Å². The van der Waals surface area contributed by atoms with Crippen molar-refractivity contribution in [3.05, 3.63) is 0 Å². The third-order valence-corrected chi connectivity index (χ3v) is 2.76. The second-order valence-electron chi connectivity index (χ2n) is 4.30. The average molecular weight is 213 g/mol. The van der Waals surface area contributed by atoms with Crippen LogP contribution in [0.25, 0.3) is 0 Å². The molecule has 0 aromatic rings. The number of nitrogens with zero attached hydrogens (tertiary/aromatic N) is 1. The largest absolute Gasteiger partial charge is 0.469 e. The number of methoxy groups -OCH3 is 1. The van der Waals surface area contributed by atoms with Gasteiger partial charge in [-0.2, -0.15) is 0 Å². The highest BCUT2D eigenvalue weighted by atomic mass is 16.5. The van der Waals surface area contributed by atoms with E-state index in [-0.39, 0.29) is 23.7 Å². The standard InChI is InChI=1S/C11H19NO3/c1-8(2)10(13)12-6-4-5-9(7-12)11(14)15-3/h8-9H,4-7H2,1-3H3/t9-/m0/s1. The average Bonchev–Trinajstić information content (AvgIpc) is 2.27. The molecule has 1 rings (SSSR count). The summed E-state index contributed by atoms with van der Waals surface area (Å²) < 4.78 is 4.70. The quantitative estimate of drug-likeness (QED) is 0.644. The van der Waals surface area contributed by atoms with Crippen LogP contribution in [0.1, 0.15) is 26.7 Å². The molecule has 0 radical (unpaired) electrons. The van der Waals surface area contributed by atoms with Gasteiger partial charge in [-0.15, -0.1) is 0 Å². The third kappa shape index (κ3) is 2.94. The van der Waals surface area contributed by atoms with Crippen LogP contribution in [0.15, 0.2) is 0 Å². The molecular weight excluding hydrogens is 194 g/mol. The Kier molecular flexibility index (Phi) is 4.12. The van der Waals surface area contributed by atoms with Gasteiger partial charge in [-0.1, -0.05) is 13.8 Å². The van der Waals surface area contributed by atoms with E-state index in [0.29, 0.717) is 6.54 Å². The lowest BCUT2D eigenvalue weighted by atomic mass is 9.97. The molecule has 4 heteroatoms. The first-order chi connectivity index (χ1) is 7.06. The van der Waals surface area contributed by atoms with Crippen molar-refractivity contribution in [1.82, 2.24) is 4.90 Å². The number of amides is 1. The summed E-state index contributed by atoms with van der Waals surface area (Å²) in [6.45, 7) is 5.04. The van der Waals surface area contributed by atoms with Crippen LogP contribution in [0.3, 0.4) is 0 Å². The van der Waals surface area contributed by atoms with Crippen LogP contribution in [-0.2, 0) is 14.3 Å². The highest BCUT2D eigenvalue weighted by Gasteiger charge is 2.29. The van der Waals surface area contributed by atoms with Crippen molar-refractivity contribution >= 4 is 11.9 Å². The normalized spacial score (nSPS) is 21.6. The van der Waals surface area contributed by atoms with E-state index < -0.39 is 0 Å². The zero-order valence-corrected chi connectivity index (χ0v) is 9.66. The Balaban J connectivity index is 2.56. The fraction of sp³-hybridized carbons (Fsp3) is 0.818. The van der Waals surface area contributed by atoms with Crippen molar-refractivity contribution in [1.29, 1.82) is 0 Å². The van der Waals surface area contributed by atoms with Crippen LogP contribution >= 0.6 is 0 Å². The number of piperidine rings is 1. The summed E-state index contributed by atoms with van der Waals surface area (Å²) in [7, 11) is 1.39. The van der Waals surface area contributed by atoms with Crippen molar-refractivity contribution in [3.63, 3.8) is 0 Å². The highest BCUT2D eigenvalue weighted by Crippen LogP contribution is 2.19. The van der Waals surface area contributed by atoms with E-state index in [2.05, 4.69) is 0 Å². The monoisotopic (exact) mass is 213 g/mol. The van der Waals surface area contributed by atoms with Crippen LogP contribution < -0.4 is 0 Å². The van der Waals surface area contributed by atoms with Crippen LogP contribution in [-0.4, -0.2) is 37.0 Å². The molecule has 0 spiro atoms. The fourth-order valence-electron chi connectivity index (χ4n) is 1.90. The van der Waals surface area contributed by atoms with Crippen molar-refractivity contribution in [2.45, 2.75) is 26.7 Å². The van der Waals surface area contributed by atoms with Crippen LogP contribution in [0.2, 0.25) is 0 Å². The Morgan fingerprint density at radius 1 is 1.40 bits per heavy atom. The van der Waals surface area contributed by atoms with Crippen LogP contribution in [0, 0.1) is 11.8 Å². The minimum Gasteiger partial charge on any atom is -0.469 e. The van der Waals surface area contributed by atoms with Gasteiger partial charge in [0.05, 0.1) is 13.0 Å². The molecule has 0 bridgehead atoms. The molecule has 4 nitrogen and oxygen atoms in total. The summed E-state index contributed by atoms with van der Waals surface area (Å²) in [6, 6.07) is 0. The first-order valence-corrected chi connectivity index (χ1v) is 5.43. The Morgan fingerprint density at radius 2 is 2.07 bits per heavy atom. The SMILES string of the molecule is COC(=O)[C@H]1CCCN(C(=O)C(C)C)C1. The molecule has 1 fully saturated rings. The molecule has 0 N–H and O–H groups in total. The summed E-state index contributed by atoms with van der Waals surface area (Å²) >= 11 is 0. The Hall–Kier alpha value is -1.06. The summed E-state index contributed by atoms with van der Waals surface area (Å²) in [5.74, 6) is -0.201. The minimum absolute atomic E-state index is 0.00129. The molecule has 0 unspecified atom stereocenters. The van der Waals surface area contributed by atoms with Crippen LogP contribution in [0.5, 0.6) is 0 Å². The number of hydrogen-bond donors (Lipinski definition) is 0. The van der Waals surface area contributed by atoms with Crippen molar-refractivity contribution in [3.8, 4) is 0 Å². The van der Waals surface area contributed by atoms with Gasteiger partial charge in [0.15, 0.2) is 0 Å². The molecule has 1 aliphatic rings.